The van der Waals surface area contributed by atoms with Gasteiger partial charge in [-0.25, -0.2) is 5.43 Å². The Morgan fingerprint density at radius 3 is 2.29 bits per heavy atom. The first-order valence-corrected chi connectivity index (χ1v) is 6.58. The molecule has 0 radical (unpaired) electrons. The van der Waals surface area contributed by atoms with Crippen molar-refractivity contribution in [1.82, 2.24) is 10.7 Å². The molecule has 1 saturated carbocycles. The number of benzene rings is 1. The number of hydrogen-bond acceptors (Lipinski definition) is 3. The lowest BCUT2D eigenvalue weighted by molar-refractivity contribution is 0.443. The van der Waals surface area contributed by atoms with Gasteiger partial charge in [-0.3, -0.25) is 5.84 Å². The minimum absolute atomic E-state index is 0.0374. The standard InChI is InChI=1S/C14H23N3/c1-16-14(17-15)13-9-7-12(8-10-13)11-5-3-2-4-6-11/h7-11,14,16-17H,2-6,15H2,1H3. The van der Waals surface area contributed by atoms with Crippen LogP contribution in [0.25, 0.3) is 0 Å². The summed E-state index contributed by atoms with van der Waals surface area (Å²) in [4.78, 5) is 0. The van der Waals surface area contributed by atoms with Crippen LogP contribution in [0.5, 0.6) is 0 Å². The van der Waals surface area contributed by atoms with Crippen LogP contribution in [0.15, 0.2) is 24.3 Å². The van der Waals surface area contributed by atoms with Gasteiger partial charge in [-0.2, -0.15) is 0 Å². The van der Waals surface area contributed by atoms with Crippen molar-refractivity contribution in [3.63, 3.8) is 0 Å². The molecule has 94 valence electrons. The minimum Gasteiger partial charge on any atom is -0.300 e. The molecule has 1 fully saturated rings. The number of hydrazine groups is 1. The van der Waals surface area contributed by atoms with Crippen LogP contribution in [0.4, 0.5) is 0 Å². The third-order valence-electron chi connectivity index (χ3n) is 3.80. The lowest BCUT2D eigenvalue weighted by Crippen LogP contribution is -2.36. The van der Waals surface area contributed by atoms with Gasteiger partial charge in [-0.15, -0.1) is 0 Å². The zero-order valence-corrected chi connectivity index (χ0v) is 10.6. The van der Waals surface area contributed by atoms with Crippen molar-refractivity contribution < 1.29 is 0 Å². The molecule has 0 heterocycles. The van der Waals surface area contributed by atoms with E-state index in [1.54, 1.807) is 0 Å². The van der Waals surface area contributed by atoms with E-state index < -0.39 is 0 Å². The Morgan fingerprint density at radius 2 is 1.76 bits per heavy atom. The maximum atomic E-state index is 5.48. The second kappa shape index (κ2) is 6.15. The van der Waals surface area contributed by atoms with E-state index >= 15 is 0 Å². The van der Waals surface area contributed by atoms with Gasteiger partial charge in [0, 0.05) is 0 Å². The van der Waals surface area contributed by atoms with Crippen LogP contribution in [-0.2, 0) is 0 Å². The molecular formula is C14H23N3. The summed E-state index contributed by atoms with van der Waals surface area (Å²) in [5.74, 6) is 6.26. The van der Waals surface area contributed by atoms with Gasteiger partial charge in [0.15, 0.2) is 0 Å². The third kappa shape index (κ3) is 3.06. The largest absolute Gasteiger partial charge is 0.300 e. The maximum Gasteiger partial charge on any atom is 0.0958 e. The van der Waals surface area contributed by atoms with Gasteiger partial charge in [0.25, 0.3) is 0 Å². The highest BCUT2D eigenvalue weighted by molar-refractivity contribution is 5.27. The smallest absolute Gasteiger partial charge is 0.0958 e. The van der Waals surface area contributed by atoms with Gasteiger partial charge in [-0.05, 0) is 36.9 Å². The Balaban J connectivity index is 2.06. The first kappa shape index (κ1) is 12.6. The minimum atomic E-state index is 0.0374. The molecule has 4 N–H and O–H groups in total. The predicted octanol–water partition coefficient (Wildman–Crippen LogP) is 2.42. The number of hydrogen-bond donors (Lipinski definition) is 3. The Kier molecular flexibility index (Phi) is 4.54. The van der Waals surface area contributed by atoms with Crippen LogP contribution < -0.4 is 16.6 Å². The van der Waals surface area contributed by atoms with E-state index in [9.17, 15) is 0 Å². The van der Waals surface area contributed by atoms with E-state index in [1.807, 2.05) is 7.05 Å². The molecule has 1 aromatic carbocycles. The average molecular weight is 233 g/mol. The fraction of sp³-hybridized carbons (Fsp3) is 0.571. The zero-order valence-electron chi connectivity index (χ0n) is 10.6. The van der Waals surface area contributed by atoms with Crippen molar-refractivity contribution in [3.05, 3.63) is 35.4 Å². The molecule has 1 unspecified atom stereocenters. The van der Waals surface area contributed by atoms with Crippen molar-refractivity contribution >= 4 is 0 Å². The molecule has 0 spiro atoms. The molecule has 0 aromatic heterocycles. The van der Waals surface area contributed by atoms with Gasteiger partial charge >= 0.3 is 0 Å². The molecule has 17 heavy (non-hydrogen) atoms. The normalized spacial score (nSPS) is 19.2. The average Bonchev–Trinajstić information content (AvgIpc) is 2.42. The number of nitrogens with one attached hydrogen (secondary N) is 2. The monoisotopic (exact) mass is 233 g/mol. The van der Waals surface area contributed by atoms with Gasteiger partial charge in [0.2, 0.25) is 0 Å². The number of nitrogens with two attached hydrogens (primary N) is 1. The van der Waals surface area contributed by atoms with Crippen molar-refractivity contribution in [1.29, 1.82) is 0 Å². The Morgan fingerprint density at radius 1 is 1.12 bits per heavy atom. The SMILES string of the molecule is CNC(NN)c1ccc(C2CCCCC2)cc1. The van der Waals surface area contributed by atoms with Gasteiger partial charge in [-0.1, -0.05) is 43.5 Å². The van der Waals surface area contributed by atoms with E-state index in [1.165, 1.54) is 43.2 Å². The molecule has 3 heteroatoms. The quantitative estimate of drug-likeness (QED) is 0.425. The molecule has 0 aliphatic heterocycles. The van der Waals surface area contributed by atoms with Crippen LogP contribution in [-0.4, -0.2) is 7.05 Å². The first-order chi connectivity index (χ1) is 8.35. The summed E-state index contributed by atoms with van der Waals surface area (Å²) in [6.07, 6.45) is 6.92. The van der Waals surface area contributed by atoms with Gasteiger partial charge in [0.05, 0.1) is 6.17 Å². The summed E-state index contributed by atoms with van der Waals surface area (Å²) in [5.41, 5.74) is 5.43. The lowest BCUT2D eigenvalue weighted by atomic mass is 9.84. The fourth-order valence-corrected chi connectivity index (χ4v) is 2.74. The van der Waals surface area contributed by atoms with E-state index in [2.05, 4.69) is 35.0 Å². The summed E-state index contributed by atoms with van der Waals surface area (Å²) in [5, 5.41) is 3.13. The first-order valence-electron chi connectivity index (χ1n) is 6.58. The topological polar surface area (TPSA) is 50.1 Å². The van der Waals surface area contributed by atoms with Crippen molar-refractivity contribution in [2.45, 2.75) is 44.2 Å². The highest BCUT2D eigenvalue weighted by Gasteiger charge is 2.15. The van der Waals surface area contributed by atoms with Crippen LogP contribution >= 0.6 is 0 Å². The predicted molar refractivity (Wildman–Crippen MR) is 71.4 cm³/mol. The van der Waals surface area contributed by atoms with E-state index in [0.717, 1.165) is 5.92 Å². The van der Waals surface area contributed by atoms with Gasteiger partial charge in [0.1, 0.15) is 0 Å². The molecule has 1 atom stereocenters. The third-order valence-corrected chi connectivity index (χ3v) is 3.80. The number of rotatable bonds is 4. The summed E-state index contributed by atoms with van der Waals surface area (Å²) in [6, 6.07) is 8.86. The van der Waals surface area contributed by atoms with E-state index in [4.69, 9.17) is 5.84 Å². The van der Waals surface area contributed by atoms with Gasteiger partial charge < -0.3 is 5.32 Å². The van der Waals surface area contributed by atoms with Crippen molar-refractivity contribution in [2.24, 2.45) is 5.84 Å². The second-order valence-electron chi connectivity index (χ2n) is 4.89. The van der Waals surface area contributed by atoms with Crippen LogP contribution in [0.2, 0.25) is 0 Å². The Labute approximate surface area is 104 Å². The van der Waals surface area contributed by atoms with Crippen LogP contribution in [0, 0.1) is 0 Å². The summed E-state index contributed by atoms with van der Waals surface area (Å²) < 4.78 is 0. The van der Waals surface area contributed by atoms with Crippen molar-refractivity contribution in [3.8, 4) is 0 Å². The van der Waals surface area contributed by atoms with Crippen molar-refractivity contribution in [2.75, 3.05) is 7.05 Å². The van der Waals surface area contributed by atoms with Crippen LogP contribution in [0.3, 0.4) is 0 Å². The molecule has 0 saturated heterocycles. The zero-order chi connectivity index (χ0) is 12.1. The lowest BCUT2D eigenvalue weighted by Gasteiger charge is -2.23. The van der Waals surface area contributed by atoms with E-state index in [0.29, 0.717) is 0 Å². The molecule has 1 aromatic rings. The Bertz CT molecular complexity index is 324. The summed E-state index contributed by atoms with van der Waals surface area (Å²) >= 11 is 0. The maximum absolute atomic E-state index is 5.48. The summed E-state index contributed by atoms with van der Waals surface area (Å²) in [7, 11) is 1.90. The summed E-state index contributed by atoms with van der Waals surface area (Å²) in [6.45, 7) is 0. The molecule has 1 aliphatic carbocycles. The molecule has 2 rings (SSSR count). The highest BCUT2D eigenvalue weighted by Crippen LogP contribution is 2.32. The Hall–Kier alpha value is -0.900. The second-order valence-corrected chi connectivity index (χ2v) is 4.89. The molecule has 0 amide bonds. The highest BCUT2D eigenvalue weighted by atomic mass is 15.3. The van der Waals surface area contributed by atoms with E-state index in [-0.39, 0.29) is 6.17 Å². The fourth-order valence-electron chi connectivity index (χ4n) is 2.74. The molecule has 0 bridgehead atoms. The molecule has 3 nitrogen and oxygen atoms in total. The molecular weight excluding hydrogens is 210 g/mol. The van der Waals surface area contributed by atoms with Crippen LogP contribution in [0.1, 0.15) is 55.3 Å². The molecule has 1 aliphatic rings.